The fourth-order valence-corrected chi connectivity index (χ4v) is 4.29. The van der Waals surface area contributed by atoms with Crippen molar-refractivity contribution in [2.24, 2.45) is 5.92 Å². The predicted molar refractivity (Wildman–Crippen MR) is 98.3 cm³/mol. The van der Waals surface area contributed by atoms with Gasteiger partial charge in [-0.15, -0.1) is 0 Å². The summed E-state index contributed by atoms with van der Waals surface area (Å²) in [5.41, 5.74) is 0. The van der Waals surface area contributed by atoms with Crippen LogP contribution in [0.1, 0.15) is 32.6 Å². The van der Waals surface area contributed by atoms with Crippen molar-refractivity contribution in [3.8, 4) is 5.75 Å². The van der Waals surface area contributed by atoms with E-state index in [1.807, 2.05) is 29.2 Å². The lowest BCUT2D eigenvalue weighted by Crippen LogP contribution is -3.18. The van der Waals surface area contributed by atoms with Crippen LogP contribution in [0.5, 0.6) is 5.75 Å². The Balaban J connectivity index is 1.42. The third-order valence-corrected chi connectivity index (χ3v) is 5.98. The third-order valence-electron chi connectivity index (χ3n) is 5.45. The van der Waals surface area contributed by atoms with E-state index in [1.54, 1.807) is 4.90 Å². The fraction of sp³-hybridized carbons (Fsp3) is 0.632. The fourth-order valence-electron chi connectivity index (χ4n) is 4.02. The van der Waals surface area contributed by atoms with Gasteiger partial charge in [0.25, 0.3) is 5.91 Å². The molecule has 1 saturated heterocycles. The number of benzene rings is 1. The van der Waals surface area contributed by atoms with Gasteiger partial charge in [-0.1, -0.05) is 29.3 Å². The Kier molecular flexibility index (Phi) is 6.17. The maximum atomic E-state index is 12.4. The van der Waals surface area contributed by atoms with Crippen LogP contribution in [0.15, 0.2) is 28.7 Å². The molecule has 0 unspecified atom stereocenters. The number of ether oxygens (including phenoxy) is 1. The normalized spacial score (nSPS) is 25.5. The number of rotatable bonds is 4. The molecule has 1 aliphatic carbocycles. The minimum Gasteiger partial charge on any atom is -0.484 e. The van der Waals surface area contributed by atoms with Crippen molar-refractivity contribution in [3.05, 3.63) is 28.7 Å². The molecule has 132 valence electrons. The van der Waals surface area contributed by atoms with E-state index in [9.17, 15) is 4.79 Å². The van der Waals surface area contributed by atoms with Gasteiger partial charge in [-0.2, -0.15) is 0 Å². The van der Waals surface area contributed by atoms with Crippen molar-refractivity contribution in [3.63, 3.8) is 0 Å². The second-order valence-corrected chi connectivity index (χ2v) is 8.17. The molecule has 1 aromatic rings. The van der Waals surface area contributed by atoms with E-state index in [4.69, 9.17) is 4.74 Å². The topological polar surface area (TPSA) is 34.0 Å². The number of nitrogens with zero attached hydrogens (tertiary/aromatic N) is 1. The first-order chi connectivity index (χ1) is 11.6. The molecule has 0 spiro atoms. The van der Waals surface area contributed by atoms with Crippen molar-refractivity contribution in [2.75, 3.05) is 32.8 Å². The number of piperazine rings is 1. The Labute approximate surface area is 153 Å². The monoisotopic (exact) mass is 395 g/mol. The molecule has 4 nitrogen and oxygen atoms in total. The van der Waals surface area contributed by atoms with E-state index in [2.05, 4.69) is 22.9 Å². The summed E-state index contributed by atoms with van der Waals surface area (Å²) in [5.74, 6) is 1.72. The van der Waals surface area contributed by atoms with Crippen molar-refractivity contribution in [2.45, 2.75) is 38.6 Å². The Morgan fingerprint density at radius 3 is 2.62 bits per heavy atom. The van der Waals surface area contributed by atoms with Crippen molar-refractivity contribution in [1.82, 2.24) is 4.90 Å². The van der Waals surface area contributed by atoms with Gasteiger partial charge in [-0.05, 0) is 43.0 Å². The van der Waals surface area contributed by atoms with Crippen LogP contribution in [0.2, 0.25) is 0 Å². The standard InChI is InChI=1S/C19H27BrN2O2/c1-15-3-2-4-17(13-15)21-9-11-22(12-10-21)19(23)14-24-18-7-5-16(20)6-8-18/h5-8,15,17H,2-4,9-14H2,1H3/p+1/t15-,17-/m0/s1. The Morgan fingerprint density at radius 2 is 1.96 bits per heavy atom. The Morgan fingerprint density at radius 1 is 1.25 bits per heavy atom. The maximum Gasteiger partial charge on any atom is 0.260 e. The van der Waals surface area contributed by atoms with E-state index < -0.39 is 0 Å². The largest absolute Gasteiger partial charge is 0.484 e. The van der Waals surface area contributed by atoms with Gasteiger partial charge in [-0.25, -0.2) is 0 Å². The molecular weight excluding hydrogens is 368 g/mol. The lowest BCUT2D eigenvalue weighted by Gasteiger charge is -2.39. The van der Waals surface area contributed by atoms with Gasteiger partial charge in [0.1, 0.15) is 5.75 Å². The number of carbonyl (C=O) groups is 1. The molecule has 3 rings (SSSR count). The third kappa shape index (κ3) is 4.73. The molecule has 2 fully saturated rings. The molecule has 2 atom stereocenters. The van der Waals surface area contributed by atoms with Crippen molar-refractivity contribution >= 4 is 21.8 Å². The van der Waals surface area contributed by atoms with Gasteiger partial charge in [0, 0.05) is 10.9 Å². The number of nitrogens with one attached hydrogen (secondary N) is 1. The van der Waals surface area contributed by atoms with E-state index in [0.29, 0.717) is 0 Å². The molecule has 2 aliphatic rings. The molecule has 0 bridgehead atoms. The van der Waals surface area contributed by atoms with Crippen LogP contribution in [-0.2, 0) is 4.79 Å². The molecule has 24 heavy (non-hydrogen) atoms. The number of carbonyl (C=O) groups excluding carboxylic acids is 1. The van der Waals surface area contributed by atoms with E-state index in [-0.39, 0.29) is 12.5 Å². The lowest BCUT2D eigenvalue weighted by molar-refractivity contribution is -0.930. The number of hydrogen-bond acceptors (Lipinski definition) is 2. The molecule has 1 aromatic carbocycles. The smallest absolute Gasteiger partial charge is 0.260 e. The van der Waals surface area contributed by atoms with E-state index in [1.165, 1.54) is 25.7 Å². The van der Waals surface area contributed by atoms with E-state index >= 15 is 0 Å². The number of halogens is 1. The van der Waals surface area contributed by atoms with Gasteiger partial charge in [-0.3, -0.25) is 4.79 Å². The average Bonchev–Trinajstić information content (AvgIpc) is 2.61. The van der Waals surface area contributed by atoms with E-state index in [0.717, 1.165) is 48.4 Å². The summed E-state index contributed by atoms with van der Waals surface area (Å²) >= 11 is 3.40. The minimum absolute atomic E-state index is 0.106. The number of quaternary nitrogens is 1. The Hall–Kier alpha value is -1.07. The molecule has 0 radical (unpaired) electrons. The van der Waals surface area contributed by atoms with Crippen LogP contribution < -0.4 is 9.64 Å². The van der Waals surface area contributed by atoms with Crippen LogP contribution in [0.25, 0.3) is 0 Å². The SMILES string of the molecule is C[C@H]1CCC[C@H]([NH+]2CCN(C(=O)COc3ccc(Br)cc3)CC2)C1. The zero-order chi connectivity index (χ0) is 16.9. The van der Waals surface area contributed by atoms with Crippen LogP contribution in [0.4, 0.5) is 0 Å². The zero-order valence-electron chi connectivity index (χ0n) is 14.5. The molecule has 5 heteroatoms. The summed E-state index contributed by atoms with van der Waals surface area (Å²) in [4.78, 5) is 16.0. The molecule has 1 N–H and O–H groups in total. The lowest BCUT2D eigenvalue weighted by atomic mass is 9.86. The van der Waals surface area contributed by atoms with Gasteiger partial charge >= 0.3 is 0 Å². The highest BCUT2D eigenvalue weighted by atomic mass is 79.9. The molecule has 1 amide bonds. The second-order valence-electron chi connectivity index (χ2n) is 7.25. The summed E-state index contributed by atoms with van der Waals surface area (Å²) < 4.78 is 6.63. The van der Waals surface area contributed by atoms with Gasteiger partial charge in [0.15, 0.2) is 6.61 Å². The highest BCUT2D eigenvalue weighted by Crippen LogP contribution is 2.22. The second kappa shape index (κ2) is 8.34. The van der Waals surface area contributed by atoms with Crippen molar-refractivity contribution < 1.29 is 14.4 Å². The summed E-state index contributed by atoms with van der Waals surface area (Å²) in [6.07, 6.45) is 5.48. The first-order valence-corrected chi connectivity index (χ1v) is 9.92. The van der Waals surface area contributed by atoms with Crippen LogP contribution in [0, 0.1) is 5.92 Å². The van der Waals surface area contributed by atoms with Crippen molar-refractivity contribution in [1.29, 1.82) is 0 Å². The first-order valence-electron chi connectivity index (χ1n) is 9.12. The highest BCUT2D eigenvalue weighted by molar-refractivity contribution is 9.10. The minimum atomic E-state index is 0.106. The predicted octanol–water partition coefficient (Wildman–Crippen LogP) is 2.13. The summed E-state index contributed by atoms with van der Waals surface area (Å²) in [6.45, 7) is 6.41. The molecule has 1 aliphatic heterocycles. The highest BCUT2D eigenvalue weighted by Gasteiger charge is 2.31. The van der Waals surface area contributed by atoms with Crippen LogP contribution in [0.3, 0.4) is 0 Å². The summed E-state index contributed by atoms with van der Waals surface area (Å²) in [7, 11) is 0. The molecule has 0 aromatic heterocycles. The van der Waals surface area contributed by atoms with Gasteiger partial charge < -0.3 is 14.5 Å². The number of hydrogen-bond donors (Lipinski definition) is 1. The maximum absolute atomic E-state index is 12.4. The zero-order valence-corrected chi connectivity index (χ0v) is 16.1. The molecule has 1 heterocycles. The quantitative estimate of drug-likeness (QED) is 0.846. The number of amides is 1. The van der Waals surface area contributed by atoms with Crippen LogP contribution >= 0.6 is 15.9 Å². The molecule has 1 saturated carbocycles. The first kappa shape index (κ1) is 17.7. The van der Waals surface area contributed by atoms with Crippen LogP contribution in [-0.4, -0.2) is 49.6 Å². The van der Waals surface area contributed by atoms with Gasteiger partial charge in [0.05, 0.1) is 32.2 Å². The molecular formula is C19H28BrN2O2+. The summed E-state index contributed by atoms with van der Waals surface area (Å²) in [6, 6.07) is 8.41. The summed E-state index contributed by atoms with van der Waals surface area (Å²) in [5, 5.41) is 0. The Bertz CT molecular complexity index is 541. The van der Waals surface area contributed by atoms with Gasteiger partial charge in [0.2, 0.25) is 0 Å². The average molecular weight is 396 g/mol.